The quantitative estimate of drug-likeness (QED) is 0.367. The third kappa shape index (κ3) is 4.64. The topological polar surface area (TPSA) is 102 Å². The number of likely N-dealkylation sites (tertiary alicyclic amines) is 1. The Bertz CT molecular complexity index is 1390. The Balaban J connectivity index is 1.44. The minimum Gasteiger partial charge on any atom is -0.382 e. The Labute approximate surface area is 202 Å². The molecule has 9 nitrogen and oxygen atoms in total. The Morgan fingerprint density at radius 1 is 1.06 bits per heavy atom. The van der Waals surface area contributed by atoms with Gasteiger partial charge in [0.25, 0.3) is 12.9 Å². The van der Waals surface area contributed by atoms with E-state index < -0.39 is 25.2 Å². The molecule has 1 fully saturated rings. The van der Waals surface area contributed by atoms with E-state index in [2.05, 4.69) is 25.4 Å². The second-order valence-corrected chi connectivity index (χ2v) is 8.78. The van der Waals surface area contributed by atoms with E-state index in [1.54, 1.807) is 24.0 Å². The number of rotatable bonds is 7. The Kier molecular flexibility index (Phi) is 6.36. The number of hydrogen-bond donors (Lipinski definition) is 2. The number of fused-ring (bicyclic) bond motifs is 2. The second-order valence-electron chi connectivity index (χ2n) is 8.78. The number of nitrogen functional groups attached to an aromatic ring is 1. The largest absolute Gasteiger partial charge is 0.382 e. The van der Waals surface area contributed by atoms with Gasteiger partial charge in [0, 0.05) is 19.1 Å². The highest BCUT2D eigenvalue weighted by atomic mass is 19.3. The van der Waals surface area contributed by atoms with Crippen LogP contribution in [0.4, 0.5) is 33.7 Å². The number of piperidine rings is 1. The molecule has 0 spiro atoms. The van der Waals surface area contributed by atoms with Crippen LogP contribution in [0.1, 0.15) is 18.7 Å². The Morgan fingerprint density at radius 3 is 2.47 bits per heavy atom. The molecular formula is C22H24F5N9. The van der Waals surface area contributed by atoms with Gasteiger partial charge in [-0.15, -0.1) is 5.10 Å². The van der Waals surface area contributed by atoms with Gasteiger partial charge in [0.2, 0.25) is 5.95 Å². The lowest BCUT2D eigenvalue weighted by Gasteiger charge is -2.31. The number of aryl methyl sites for hydroxylation is 1. The molecule has 1 saturated heterocycles. The fraction of sp³-hybridized carbons (Fsp3) is 0.455. The smallest absolute Gasteiger partial charge is 0.256 e. The molecule has 5 heterocycles. The zero-order valence-electron chi connectivity index (χ0n) is 19.3. The molecular weight excluding hydrogens is 485 g/mol. The predicted octanol–water partition coefficient (Wildman–Crippen LogP) is 3.58. The number of nitrogens with one attached hydrogen (secondary N) is 1. The normalized spacial score (nSPS) is 15.7. The van der Waals surface area contributed by atoms with Crippen LogP contribution in [-0.4, -0.2) is 72.6 Å². The number of nitrogens with zero attached hydrogens (tertiary/aromatic N) is 7. The molecule has 1 aliphatic heterocycles. The van der Waals surface area contributed by atoms with Crippen LogP contribution in [0, 0.1) is 12.7 Å². The van der Waals surface area contributed by atoms with Crippen molar-refractivity contribution in [1.82, 2.24) is 34.0 Å². The lowest BCUT2D eigenvalue weighted by molar-refractivity contribution is 0.0769. The van der Waals surface area contributed by atoms with E-state index in [1.165, 1.54) is 9.08 Å². The van der Waals surface area contributed by atoms with Crippen molar-refractivity contribution >= 4 is 28.4 Å². The van der Waals surface area contributed by atoms with Gasteiger partial charge in [-0.25, -0.2) is 36.4 Å². The van der Waals surface area contributed by atoms with Gasteiger partial charge < -0.3 is 15.6 Å². The molecule has 14 heteroatoms. The van der Waals surface area contributed by atoms with Crippen molar-refractivity contribution < 1.29 is 22.0 Å². The summed E-state index contributed by atoms with van der Waals surface area (Å²) in [5.41, 5.74) is 7.22. The molecule has 0 aliphatic carbocycles. The van der Waals surface area contributed by atoms with Crippen LogP contribution in [0.5, 0.6) is 0 Å². The first kappa shape index (κ1) is 24.2. The van der Waals surface area contributed by atoms with Crippen LogP contribution < -0.4 is 11.1 Å². The van der Waals surface area contributed by atoms with E-state index in [1.807, 2.05) is 0 Å². The first-order chi connectivity index (χ1) is 17.2. The fourth-order valence-corrected chi connectivity index (χ4v) is 4.63. The lowest BCUT2D eigenvalue weighted by Crippen LogP contribution is -2.41. The van der Waals surface area contributed by atoms with E-state index >= 15 is 4.39 Å². The summed E-state index contributed by atoms with van der Waals surface area (Å²) >= 11 is 0. The van der Waals surface area contributed by atoms with Crippen molar-refractivity contribution in [2.24, 2.45) is 0 Å². The van der Waals surface area contributed by atoms with Crippen molar-refractivity contribution in [3.8, 4) is 11.3 Å². The molecule has 0 amide bonds. The number of nitrogens with two attached hydrogens (primary N) is 1. The van der Waals surface area contributed by atoms with Crippen LogP contribution in [0.3, 0.4) is 0 Å². The van der Waals surface area contributed by atoms with Gasteiger partial charge in [-0.3, -0.25) is 4.90 Å². The summed E-state index contributed by atoms with van der Waals surface area (Å²) in [5.74, 6) is -0.101. The molecule has 5 rings (SSSR count). The Hall–Kier alpha value is -3.55. The average molecular weight is 509 g/mol. The molecule has 3 N–H and O–H groups in total. The maximum absolute atomic E-state index is 15.1. The molecule has 0 bridgehead atoms. The summed E-state index contributed by atoms with van der Waals surface area (Å²) < 4.78 is 69.0. The van der Waals surface area contributed by atoms with Crippen molar-refractivity contribution in [1.29, 1.82) is 0 Å². The van der Waals surface area contributed by atoms with E-state index in [9.17, 15) is 17.6 Å². The van der Waals surface area contributed by atoms with Crippen molar-refractivity contribution in [2.75, 3.05) is 30.7 Å². The summed E-state index contributed by atoms with van der Waals surface area (Å²) in [7, 11) is 0. The highest BCUT2D eigenvalue weighted by molar-refractivity contribution is 5.89. The van der Waals surface area contributed by atoms with Gasteiger partial charge in [0.1, 0.15) is 16.9 Å². The highest BCUT2D eigenvalue weighted by Gasteiger charge is 2.24. The van der Waals surface area contributed by atoms with E-state index in [0.29, 0.717) is 37.3 Å². The maximum Gasteiger partial charge on any atom is 0.256 e. The number of alkyl halides is 4. The van der Waals surface area contributed by atoms with Gasteiger partial charge in [-0.2, -0.15) is 4.98 Å². The van der Waals surface area contributed by atoms with Crippen molar-refractivity contribution in [3.63, 3.8) is 0 Å². The molecule has 192 valence electrons. The number of imidazole rings is 1. The SMILES string of the molecule is Cc1nc2ccc(-c3c(F)cn4nc(NC5CCN(CC(F)F)CC5)nc(N)c34)nc2n1CC(F)F. The predicted molar refractivity (Wildman–Crippen MR) is 124 cm³/mol. The van der Waals surface area contributed by atoms with Crippen molar-refractivity contribution in [2.45, 2.75) is 45.2 Å². The molecule has 4 aromatic rings. The number of aromatic nitrogens is 6. The lowest BCUT2D eigenvalue weighted by atomic mass is 10.1. The van der Waals surface area contributed by atoms with Crippen molar-refractivity contribution in [3.05, 3.63) is 30.0 Å². The van der Waals surface area contributed by atoms with Crippen LogP contribution in [0.2, 0.25) is 0 Å². The minimum atomic E-state index is -2.61. The van der Waals surface area contributed by atoms with Gasteiger partial charge in [-0.05, 0) is 31.9 Å². The summed E-state index contributed by atoms with van der Waals surface area (Å²) in [6, 6.07) is 3.08. The molecule has 36 heavy (non-hydrogen) atoms. The van der Waals surface area contributed by atoms with Gasteiger partial charge >= 0.3 is 0 Å². The average Bonchev–Trinajstić information content (AvgIpc) is 3.30. The first-order valence-corrected chi connectivity index (χ1v) is 11.4. The fourth-order valence-electron chi connectivity index (χ4n) is 4.63. The molecule has 0 saturated carbocycles. The van der Waals surface area contributed by atoms with E-state index in [-0.39, 0.29) is 46.8 Å². The molecule has 0 atom stereocenters. The summed E-state index contributed by atoms with van der Waals surface area (Å²) in [5, 5.41) is 7.48. The third-order valence-electron chi connectivity index (χ3n) is 6.29. The highest BCUT2D eigenvalue weighted by Crippen LogP contribution is 2.32. The number of halogens is 5. The molecule has 0 unspecified atom stereocenters. The maximum atomic E-state index is 15.1. The Morgan fingerprint density at radius 2 is 1.78 bits per heavy atom. The summed E-state index contributed by atoms with van der Waals surface area (Å²) in [6.45, 7) is 1.78. The van der Waals surface area contributed by atoms with Gasteiger partial charge in [0.05, 0.1) is 30.5 Å². The molecule has 0 aromatic carbocycles. The van der Waals surface area contributed by atoms with Gasteiger partial charge in [-0.1, -0.05) is 0 Å². The van der Waals surface area contributed by atoms with Gasteiger partial charge in [0.15, 0.2) is 17.3 Å². The minimum absolute atomic E-state index is 0.000650. The third-order valence-corrected chi connectivity index (χ3v) is 6.29. The molecule has 1 aliphatic rings. The van der Waals surface area contributed by atoms with Crippen LogP contribution >= 0.6 is 0 Å². The van der Waals surface area contributed by atoms with Crippen LogP contribution in [0.15, 0.2) is 18.3 Å². The van der Waals surface area contributed by atoms with E-state index in [4.69, 9.17) is 5.73 Å². The molecule has 0 radical (unpaired) electrons. The summed E-state index contributed by atoms with van der Waals surface area (Å²) in [4.78, 5) is 14.6. The van der Waals surface area contributed by atoms with Crippen LogP contribution in [-0.2, 0) is 6.54 Å². The number of anilines is 2. The zero-order chi connectivity index (χ0) is 25.6. The van der Waals surface area contributed by atoms with E-state index in [0.717, 1.165) is 6.20 Å². The number of hydrogen-bond acceptors (Lipinski definition) is 7. The molecule has 4 aromatic heterocycles. The first-order valence-electron chi connectivity index (χ1n) is 11.4. The monoisotopic (exact) mass is 509 g/mol. The zero-order valence-corrected chi connectivity index (χ0v) is 19.3. The second kappa shape index (κ2) is 9.48. The summed E-state index contributed by atoms with van der Waals surface area (Å²) in [6.07, 6.45) is -2.59. The number of pyridine rings is 1. The van der Waals surface area contributed by atoms with Crippen LogP contribution in [0.25, 0.3) is 27.9 Å². The standard InChI is InChI=1S/C22H24F5N9/c1-11-29-15-3-2-14(31-21(15)35(11)10-17(26)27)18-13(23)8-36-19(18)20(28)32-22(33-36)30-12-4-6-34(7-5-12)9-16(24)25/h2-3,8,12,16-17H,4-7,9-10H2,1H3,(H3,28,30,32,33).